The predicted octanol–water partition coefficient (Wildman–Crippen LogP) is 4.00. The van der Waals surface area contributed by atoms with E-state index in [1.165, 1.54) is 0 Å². The van der Waals surface area contributed by atoms with Crippen LogP contribution in [0.3, 0.4) is 0 Å². The largest absolute Gasteiger partial charge is 0.417 e. The molecule has 0 saturated heterocycles. The summed E-state index contributed by atoms with van der Waals surface area (Å²) in [6.45, 7) is 0. The topological polar surface area (TPSA) is 12.9 Å². The predicted molar refractivity (Wildman–Crippen MR) is 46.0 cm³/mol. The first-order chi connectivity index (χ1) is 5.95. The first kappa shape index (κ1) is 10.9. The summed E-state index contributed by atoms with van der Waals surface area (Å²) in [5.74, 6) is 0. The molecule has 0 saturated carbocycles. The molecular formula is C6H2Cl2F3NS. The fraction of sp³-hybridized carbons (Fsp3) is 0.167. The van der Waals surface area contributed by atoms with Crippen LogP contribution in [0.5, 0.6) is 0 Å². The van der Waals surface area contributed by atoms with Crippen molar-refractivity contribution in [1.82, 2.24) is 4.98 Å². The first-order valence-electron chi connectivity index (χ1n) is 2.96. The molecule has 0 radical (unpaired) electrons. The van der Waals surface area contributed by atoms with Gasteiger partial charge in [-0.2, -0.15) is 13.2 Å². The van der Waals surface area contributed by atoms with Crippen molar-refractivity contribution in [1.29, 1.82) is 0 Å². The van der Waals surface area contributed by atoms with E-state index in [-0.39, 0.29) is 5.03 Å². The number of alkyl halides is 3. The fourth-order valence-corrected chi connectivity index (χ4v) is 1.40. The molecule has 0 aliphatic rings. The molecule has 1 aromatic rings. The Kier molecular flexibility index (Phi) is 3.32. The van der Waals surface area contributed by atoms with Gasteiger partial charge in [0.25, 0.3) is 0 Å². The molecule has 0 aliphatic carbocycles. The highest BCUT2D eigenvalue weighted by Crippen LogP contribution is 2.36. The Balaban J connectivity index is 3.19. The van der Waals surface area contributed by atoms with Gasteiger partial charge < -0.3 is 0 Å². The van der Waals surface area contributed by atoms with E-state index in [1.807, 2.05) is 0 Å². The monoisotopic (exact) mass is 247 g/mol. The number of halogens is 5. The Hall–Kier alpha value is -0.130. The van der Waals surface area contributed by atoms with Gasteiger partial charge >= 0.3 is 6.18 Å². The van der Waals surface area contributed by atoms with Crippen molar-refractivity contribution < 1.29 is 13.2 Å². The fourth-order valence-electron chi connectivity index (χ4n) is 0.679. The minimum Gasteiger partial charge on any atom is -0.247 e. The molecule has 0 unspecified atom stereocenters. The highest BCUT2D eigenvalue weighted by atomic mass is 35.7. The van der Waals surface area contributed by atoms with Crippen LogP contribution in [0.25, 0.3) is 0 Å². The standard InChI is InChI=1S/C6H2Cl2F3NS/c7-4-2-12-5(13-8)1-3(4)6(9,10)11/h1-2H. The SMILES string of the molecule is FC(F)(F)c1cc(SCl)ncc1Cl. The summed E-state index contributed by atoms with van der Waals surface area (Å²) in [5, 5.41) is -0.361. The summed E-state index contributed by atoms with van der Waals surface area (Å²) >= 11 is 5.30. The minimum absolute atomic E-state index is 0.0680. The van der Waals surface area contributed by atoms with Crippen LogP contribution in [0, 0.1) is 0 Å². The van der Waals surface area contributed by atoms with Crippen LogP contribution in [0.4, 0.5) is 13.2 Å². The smallest absolute Gasteiger partial charge is 0.247 e. The zero-order chi connectivity index (χ0) is 10.1. The zero-order valence-electron chi connectivity index (χ0n) is 5.90. The molecule has 0 aliphatic heterocycles. The molecule has 72 valence electrons. The summed E-state index contributed by atoms with van der Waals surface area (Å²) in [6.07, 6.45) is -3.55. The summed E-state index contributed by atoms with van der Waals surface area (Å²) in [4.78, 5) is 3.57. The Morgan fingerprint density at radius 3 is 2.46 bits per heavy atom. The molecule has 1 nitrogen and oxygen atoms in total. The highest BCUT2D eigenvalue weighted by molar-refractivity contribution is 8.21. The number of aromatic nitrogens is 1. The molecule has 0 spiro atoms. The molecule has 1 heterocycles. The lowest BCUT2D eigenvalue weighted by molar-refractivity contribution is -0.137. The highest BCUT2D eigenvalue weighted by Gasteiger charge is 2.33. The number of hydrogen-bond acceptors (Lipinski definition) is 2. The lowest BCUT2D eigenvalue weighted by Crippen LogP contribution is -2.06. The normalized spacial score (nSPS) is 11.8. The molecule has 0 amide bonds. The van der Waals surface area contributed by atoms with Gasteiger partial charge in [0.05, 0.1) is 10.6 Å². The maximum Gasteiger partial charge on any atom is 0.417 e. The van der Waals surface area contributed by atoms with Crippen molar-refractivity contribution in [2.24, 2.45) is 0 Å². The van der Waals surface area contributed by atoms with Crippen molar-refractivity contribution in [3.05, 3.63) is 22.8 Å². The van der Waals surface area contributed by atoms with Gasteiger partial charge in [-0.1, -0.05) is 11.6 Å². The van der Waals surface area contributed by atoms with Crippen LogP contribution in [0.1, 0.15) is 5.56 Å². The Morgan fingerprint density at radius 1 is 1.38 bits per heavy atom. The van der Waals surface area contributed by atoms with Crippen molar-refractivity contribution in [2.75, 3.05) is 0 Å². The van der Waals surface area contributed by atoms with Crippen molar-refractivity contribution in [3.8, 4) is 0 Å². The summed E-state index contributed by atoms with van der Waals surface area (Å²) in [6, 6.07) is 0.806. The van der Waals surface area contributed by atoms with Gasteiger partial charge in [-0.3, -0.25) is 0 Å². The van der Waals surface area contributed by atoms with Gasteiger partial charge in [0.2, 0.25) is 0 Å². The van der Waals surface area contributed by atoms with Crippen molar-refractivity contribution >= 4 is 33.3 Å². The second kappa shape index (κ2) is 3.94. The number of rotatable bonds is 1. The molecule has 0 fully saturated rings. The van der Waals surface area contributed by atoms with Gasteiger partial charge in [0.15, 0.2) is 0 Å². The maximum absolute atomic E-state index is 12.2. The van der Waals surface area contributed by atoms with E-state index in [0.29, 0.717) is 11.0 Å². The van der Waals surface area contributed by atoms with Crippen LogP contribution >= 0.6 is 33.3 Å². The summed E-state index contributed by atoms with van der Waals surface area (Å²) in [7, 11) is 5.86. The quantitative estimate of drug-likeness (QED) is 0.744. The Labute approximate surface area is 85.7 Å². The summed E-state index contributed by atoms with van der Waals surface area (Å²) < 4.78 is 36.6. The zero-order valence-corrected chi connectivity index (χ0v) is 8.23. The maximum atomic E-state index is 12.2. The summed E-state index contributed by atoms with van der Waals surface area (Å²) in [5.41, 5.74) is -0.924. The third-order valence-corrected chi connectivity index (χ3v) is 2.37. The molecular weight excluding hydrogens is 246 g/mol. The van der Waals surface area contributed by atoms with Crippen LogP contribution in [-0.2, 0) is 6.18 Å². The van der Waals surface area contributed by atoms with Crippen LogP contribution in [0.15, 0.2) is 17.3 Å². The van der Waals surface area contributed by atoms with E-state index in [9.17, 15) is 13.2 Å². The lowest BCUT2D eigenvalue weighted by atomic mass is 10.2. The second-order valence-electron chi connectivity index (χ2n) is 2.08. The third-order valence-electron chi connectivity index (χ3n) is 1.21. The van der Waals surface area contributed by atoms with E-state index in [2.05, 4.69) is 4.98 Å². The molecule has 0 atom stereocenters. The minimum atomic E-state index is -4.47. The van der Waals surface area contributed by atoms with Gasteiger partial charge in [-0.15, -0.1) is 0 Å². The van der Waals surface area contributed by atoms with E-state index < -0.39 is 16.8 Å². The number of hydrogen-bond donors (Lipinski definition) is 0. The molecule has 1 rings (SSSR count). The molecule has 0 N–H and O–H groups in total. The molecule has 13 heavy (non-hydrogen) atoms. The van der Waals surface area contributed by atoms with Crippen molar-refractivity contribution in [2.45, 2.75) is 11.2 Å². The van der Waals surface area contributed by atoms with E-state index >= 15 is 0 Å². The number of nitrogens with zero attached hydrogens (tertiary/aromatic N) is 1. The van der Waals surface area contributed by atoms with E-state index in [0.717, 1.165) is 12.3 Å². The molecule has 0 bridgehead atoms. The van der Waals surface area contributed by atoms with Crippen LogP contribution < -0.4 is 0 Å². The van der Waals surface area contributed by atoms with Gasteiger partial charge in [0.1, 0.15) is 5.03 Å². The Bertz CT molecular complexity index is 315. The third kappa shape index (κ3) is 2.65. The van der Waals surface area contributed by atoms with Crippen molar-refractivity contribution in [3.63, 3.8) is 0 Å². The van der Waals surface area contributed by atoms with Gasteiger partial charge in [0, 0.05) is 17.2 Å². The molecule has 7 heteroatoms. The Morgan fingerprint density at radius 2 is 2.00 bits per heavy atom. The average molecular weight is 248 g/mol. The number of pyridine rings is 1. The first-order valence-corrected chi connectivity index (χ1v) is 4.98. The van der Waals surface area contributed by atoms with Crippen LogP contribution in [0.2, 0.25) is 5.02 Å². The van der Waals surface area contributed by atoms with E-state index in [1.54, 1.807) is 0 Å². The lowest BCUT2D eigenvalue weighted by Gasteiger charge is -2.08. The molecule has 1 aromatic heterocycles. The van der Waals surface area contributed by atoms with Gasteiger partial charge in [-0.25, -0.2) is 4.98 Å². The molecule has 0 aromatic carbocycles. The van der Waals surface area contributed by atoms with Gasteiger partial charge in [-0.05, 0) is 16.7 Å². The average Bonchev–Trinajstić information content (AvgIpc) is 2.03. The van der Waals surface area contributed by atoms with E-state index in [4.69, 9.17) is 22.3 Å². The second-order valence-corrected chi connectivity index (χ2v) is 3.52. The van der Waals surface area contributed by atoms with Crippen LogP contribution in [-0.4, -0.2) is 4.98 Å².